The van der Waals surface area contributed by atoms with Gasteiger partial charge >= 0.3 is 0 Å². The van der Waals surface area contributed by atoms with Crippen LogP contribution in [0.4, 0.5) is 0 Å². The molecule has 0 aliphatic carbocycles. The maximum Gasteiger partial charge on any atom is 0.195 e. The van der Waals surface area contributed by atoms with Crippen LogP contribution in [0.2, 0.25) is 0 Å². The van der Waals surface area contributed by atoms with Crippen LogP contribution in [0.15, 0.2) is 18.2 Å². The molecule has 0 fully saturated rings. The average molecular weight is 234 g/mol. The largest absolute Gasteiger partial charge is 0.493 e. The van der Waals surface area contributed by atoms with Crippen LogP contribution in [0.5, 0.6) is 5.75 Å². The molecule has 0 aliphatic heterocycles. The van der Waals surface area contributed by atoms with E-state index in [2.05, 4.69) is 10.7 Å². The van der Waals surface area contributed by atoms with E-state index >= 15 is 0 Å². The quantitative estimate of drug-likeness (QED) is 0.807. The number of nitrogens with zero attached hydrogens (tertiary/aromatic N) is 2. The molecular formula is C11H12N3OS+. The fourth-order valence-corrected chi connectivity index (χ4v) is 2.13. The summed E-state index contributed by atoms with van der Waals surface area (Å²) in [7, 11) is 0. The minimum atomic E-state index is 0.491. The first-order valence-electron chi connectivity index (χ1n) is 5.06. The molecule has 0 saturated heterocycles. The van der Waals surface area contributed by atoms with Crippen molar-refractivity contribution in [3.63, 3.8) is 0 Å². The van der Waals surface area contributed by atoms with Gasteiger partial charge in [-0.3, -0.25) is 0 Å². The lowest BCUT2D eigenvalue weighted by atomic mass is 10.3. The van der Waals surface area contributed by atoms with E-state index in [0.717, 1.165) is 28.9 Å². The van der Waals surface area contributed by atoms with E-state index in [9.17, 15) is 0 Å². The van der Waals surface area contributed by atoms with E-state index in [1.54, 1.807) is 0 Å². The standard InChI is InChI=1S/C11H11N3OS/c12-4-1-5-15-8-2-3-9-10(6-8)16-11(7-13)14-9/h2-3,6H,1,4-5,12H2/p+1. The summed E-state index contributed by atoms with van der Waals surface area (Å²) in [6.07, 6.45) is 0.949. The molecule has 0 saturated carbocycles. The van der Waals surface area contributed by atoms with Crippen molar-refractivity contribution in [1.29, 1.82) is 5.26 Å². The van der Waals surface area contributed by atoms with E-state index < -0.39 is 0 Å². The molecule has 0 amide bonds. The van der Waals surface area contributed by atoms with Crippen molar-refractivity contribution in [1.82, 2.24) is 4.98 Å². The Kier molecular flexibility index (Phi) is 3.34. The van der Waals surface area contributed by atoms with Crippen molar-refractivity contribution in [2.45, 2.75) is 6.42 Å². The Balaban J connectivity index is 2.19. The molecule has 2 rings (SSSR count). The van der Waals surface area contributed by atoms with Gasteiger partial charge in [0.25, 0.3) is 0 Å². The van der Waals surface area contributed by atoms with Crippen LogP contribution < -0.4 is 10.5 Å². The van der Waals surface area contributed by atoms with Crippen LogP contribution in [-0.2, 0) is 0 Å². The van der Waals surface area contributed by atoms with Crippen LogP contribution in [0.25, 0.3) is 10.2 Å². The molecule has 1 aromatic heterocycles. The molecule has 16 heavy (non-hydrogen) atoms. The molecule has 0 bridgehead atoms. The number of rotatable bonds is 4. The lowest BCUT2D eigenvalue weighted by molar-refractivity contribution is -0.368. The van der Waals surface area contributed by atoms with Crippen molar-refractivity contribution in [2.24, 2.45) is 0 Å². The van der Waals surface area contributed by atoms with Gasteiger partial charge in [-0.15, -0.1) is 11.3 Å². The zero-order chi connectivity index (χ0) is 11.4. The van der Waals surface area contributed by atoms with E-state index in [0.29, 0.717) is 11.6 Å². The number of benzene rings is 1. The number of nitriles is 1. The van der Waals surface area contributed by atoms with Gasteiger partial charge in [0.2, 0.25) is 0 Å². The third kappa shape index (κ3) is 2.30. The molecule has 0 radical (unpaired) electrons. The molecule has 1 aromatic carbocycles. The molecular weight excluding hydrogens is 222 g/mol. The summed E-state index contributed by atoms with van der Waals surface area (Å²) in [4.78, 5) is 4.16. The maximum absolute atomic E-state index is 8.74. The highest BCUT2D eigenvalue weighted by atomic mass is 32.1. The minimum absolute atomic E-state index is 0.491. The number of aromatic nitrogens is 1. The summed E-state index contributed by atoms with van der Waals surface area (Å²) < 4.78 is 6.54. The van der Waals surface area contributed by atoms with Crippen molar-refractivity contribution < 1.29 is 10.5 Å². The summed E-state index contributed by atoms with van der Waals surface area (Å²) in [5.41, 5.74) is 4.61. The van der Waals surface area contributed by atoms with Crippen LogP contribution in [-0.4, -0.2) is 18.1 Å². The summed E-state index contributed by atoms with van der Waals surface area (Å²) in [5, 5.41) is 9.23. The Bertz CT molecular complexity index is 529. The van der Waals surface area contributed by atoms with Crippen LogP contribution in [0, 0.1) is 11.3 Å². The van der Waals surface area contributed by atoms with Gasteiger partial charge in [0.15, 0.2) is 5.01 Å². The minimum Gasteiger partial charge on any atom is -0.493 e. The highest BCUT2D eigenvalue weighted by Crippen LogP contribution is 2.25. The van der Waals surface area contributed by atoms with Crippen molar-refractivity contribution >= 4 is 21.6 Å². The first-order chi connectivity index (χ1) is 7.83. The molecule has 0 atom stereocenters. The second kappa shape index (κ2) is 4.92. The molecule has 0 spiro atoms. The zero-order valence-corrected chi connectivity index (χ0v) is 9.59. The molecule has 2 aromatic rings. The second-order valence-corrected chi connectivity index (χ2v) is 4.35. The fourth-order valence-electron chi connectivity index (χ4n) is 1.33. The van der Waals surface area contributed by atoms with E-state index in [1.165, 1.54) is 11.3 Å². The number of thiazole rings is 1. The summed E-state index contributed by atoms with van der Waals surface area (Å²) in [6.45, 7) is 1.56. The predicted octanol–water partition coefficient (Wildman–Crippen LogP) is 1.18. The van der Waals surface area contributed by atoms with Gasteiger partial charge in [-0.2, -0.15) is 5.26 Å². The van der Waals surface area contributed by atoms with Crippen molar-refractivity contribution in [2.75, 3.05) is 13.2 Å². The average Bonchev–Trinajstić information content (AvgIpc) is 2.71. The Morgan fingerprint density at radius 2 is 2.38 bits per heavy atom. The first kappa shape index (κ1) is 10.9. The van der Waals surface area contributed by atoms with Gasteiger partial charge in [0, 0.05) is 6.42 Å². The molecule has 82 valence electrons. The van der Waals surface area contributed by atoms with Gasteiger partial charge < -0.3 is 10.5 Å². The lowest BCUT2D eigenvalue weighted by Crippen LogP contribution is -2.50. The maximum atomic E-state index is 8.74. The van der Waals surface area contributed by atoms with Crippen LogP contribution in [0.1, 0.15) is 11.4 Å². The van der Waals surface area contributed by atoms with Crippen molar-refractivity contribution in [3.05, 3.63) is 23.2 Å². The molecule has 0 aliphatic rings. The van der Waals surface area contributed by atoms with Gasteiger partial charge in [-0.05, 0) is 18.2 Å². The monoisotopic (exact) mass is 234 g/mol. The predicted molar refractivity (Wildman–Crippen MR) is 62.2 cm³/mol. The number of ether oxygens (including phenoxy) is 1. The van der Waals surface area contributed by atoms with Crippen LogP contribution >= 0.6 is 11.3 Å². The Hall–Kier alpha value is -1.64. The number of quaternary nitrogens is 1. The van der Waals surface area contributed by atoms with Crippen LogP contribution in [0.3, 0.4) is 0 Å². The lowest BCUT2D eigenvalue weighted by Gasteiger charge is -2.03. The third-order valence-corrected chi connectivity index (χ3v) is 3.04. The highest BCUT2D eigenvalue weighted by Gasteiger charge is 2.04. The zero-order valence-electron chi connectivity index (χ0n) is 8.77. The second-order valence-electron chi connectivity index (χ2n) is 3.32. The Morgan fingerprint density at radius 1 is 1.50 bits per heavy atom. The number of fused-ring (bicyclic) bond motifs is 1. The smallest absolute Gasteiger partial charge is 0.195 e. The van der Waals surface area contributed by atoms with E-state index in [-0.39, 0.29) is 0 Å². The van der Waals surface area contributed by atoms with Gasteiger partial charge in [-0.1, -0.05) is 0 Å². The first-order valence-corrected chi connectivity index (χ1v) is 5.88. The number of hydrogen-bond acceptors (Lipinski definition) is 4. The highest BCUT2D eigenvalue weighted by molar-refractivity contribution is 7.19. The van der Waals surface area contributed by atoms with Gasteiger partial charge in [0.05, 0.1) is 23.4 Å². The summed E-state index contributed by atoms with van der Waals surface area (Å²) >= 11 is 1.39. The summed E-state index contributed by atoms with van der Waals surface area (Å²) in [6, 6.07) is 7.74. The van der Waals surface area contributed by atoms with Gasteiger partial charge in [-0.25, -0.2) is 4.98 Å². The van der Waals surface area contributed by atoms with E-state index in [4.69, 9.17) is 10.00 Å². The molecule has 1 heterocycles. The normalized spacial score (nSPS) is 10.2. The summed E-state index contributed by atoms with van der Waals surface area (Å²) in [5.74, 6) is 0.828. The Labute approximate surface area is 97.3 Å². The SMILES string of the molecule is N#Cc1nc2ccc(OCCC[NH3+])cc2s1. The third-order valence-electron chi connectivity index (χ3n) is 2.12. The number of hydrogen-bond donors (Lipinski definition) is 1. The molecule has 0 unspecified atom stereocenters. The van der Waals surface area contributed by atoms with Crippen molar-refractivity contribution in [3.8, 4) is 11.8 Å². The van der Waals surface area contributed by atoms with Gasteiger partial charge in [0.1, 0.15) is 11.8 Å². The fraction of sp³-hybridized carbons (Fsp3) is 0.273. The molecule has 3 N–H and O–H groups in total. The Morgan fingerprint density at radius 3 is 3.12 bits per heavy atom. The molecule has 5 heteroatoms. The molecule has 4 nitrogen and oxygen atoms in total. The topological polar surface area (TPSA) is 73.5 Å². The van der Waals surface area contributed by atoms with E-state index in [1.807, 2.05) is 24.3 Å².